The van der Waals surface area contributed by atoms with Gasteiger partial charge in [-0.05, 0) is 48.8 Å². The lowest BCUT2D eigenvalue weighted by Gasteiger charge is -2.24. The Morgan fingerprint density at radius 2 is 1.79 bits per heavy atom. The number of sulfonamides is 1. The fourth-order valence-electron chi connectivity index (χ4n) is 2.74. The summed E-state index contributed by atoms with van der Waals surface area (Å²) in [4.78, 5) is 12.3. The molecule has 0 radical (unpaired) electrons. The lowest BCUT2D eigenvalue weighted by Crippen LogP contribution is -2.41. The van der Waals surface area contributed by atoms with Crippen LogP contribution in [0, 0.1) is 13.8 Å². The average molecular weight is 421 g/mol. The molecule has 1 N–H and O–H groups in total. The number of rotatable bonds is 10. The molecule has 0 spiro atoms. The topological polar surface area (TPSA) is 66.5 Å². The molecule has 2 rings (SSSR count). The van der Waals surface area contributed by atoms with Crippen molar-refractivity contribution in [2.75, 3.05) is 29.4 Å². The quantitative estimate of drug-likeness (QED) is 0.598. The van der Waals surface area contributed by atoms with Crippen LogP contribution in [0.1, 0.15) is 23.1 Å². The average Bonchev–Trinajstić information content (AvgIpc) is 2.65. The van der Waals surface area contributed by atoms with E-state index in [-0.39, 0.29) is 12.5 Å². The van der Waals surface area contributed by atoms with Crippen LogP contribution >= 0.6 is 11.8 Å². The smallest absolute Gasteiger partial charge is 0.240 e. The van der Waals surface area contributed by atoms with E-state index < -0.39 is 10.0 Å². The van der Waals surface area contributed by atoms with E-state index >= 15 is 0 Å². The summed E-state index contributed by atoms with van der Waals surface area (Å²) >= 11 is 1.82. The third-order valence-corrected chi connectivity index (χ3v) is 6.67. The van der Waals surface area contributed by atoms with Crippen LogP contribution in [-0.4, -0.2) is 39.4 Å². The molecule has 5 nitrogen and oxygen atoms in total. The Morgan fingerprint density at radius 3 is 2.46 bits per heavy atom. The van der Waals surface area contributed by atoms with Crippen LogP contribution in [0.15, 0.2) is 48.5 Å². The van der Waals surface area contributed by atoms with E-state index in [9.17, 15) is 13.2 Å². The van der Waals surface area contributed by atoms with Gasteiger partial charge in [0.05, 0.1) is 11.9 Å². The van der Waals surface area contributed by atoms with Gasteiger partial charge in [0.1, 0.15) is 6.54 Å². The number of nitrogens with one attached hydrogen (secondary N) is 1. The molecule has 0 aliphatic heterocycles. The molecule has 2 aromatic rings. The standard InChI is InChI=1S/C21H28N2O3S2/c1-17-9-7-12-20(18(17)2)23(28(3,25)26)15-21(24)22-13-8-14-27-16-19-10-5-4-6-11-19/h4-7,9-12H,8,13-16H2,1-3H3,(H,22,24). The normalized spacial score (nSPS) is 11.2. The summed E-state index contributed by atoms with van der Waals surface area (Å²) in [7, 11) is -3.55. The number of aryl methyl sites for hydroxylation is 1. The van der Waals surface area contributed by atoms with E-state index in [4.69, 9.17) is 0 Å². The number of amides is 1. The van der Waals surface area contributed by atoms with E-state index in [1.165, 1.54) is 9.87 Å². The SMILES string of the molecule is Cc1cccc(N(CC(=O)NCCCSCc2ccccc2)S(C)(=O)=O)c1C. The highest BCUT2D eigenvalue weighted by atomic mass is 32.2. The van der Waals surface area contributed by atoms with Crippen molar-refractivity contribution in [3.63, 3.8) is 0 Å². The predicted molar refractivity (Wildman–Crippen MR) is 118 cm³/mol. The number of hydrogen-bond donors (Lipinski definition) is 1. The van der Waals surface area contributed by atoms with Gasteiger partial charge in [0.25, 0.3) is 0 Å². The Morgan fingerprint density at radius 1 is 1.07 bits per heavy atom. The Hall–Kier alpha value is -1.99. The molecule has 0 saturated heterocycles. The Bertz CT molecular complexity index is 884. The van der Waals surface area contributed by atoms with E-state index in [0.717, 1.165) is 35.3 Å². The number of carbonyl (C=O) groups is 1. The highest BCUT2D eigenvalue weighted by molar-refractivity contribution is 7.98. The Labute approximate surface area is 172 Å². The van der Waals surface area contributed by atoms with Crippen molar-refractivity contribution in [3.05, 3.63) is 65.2 Å². The van der Waals surface area contributed by atoms with Gasteiger partial charge in [-0.1, -0.05) is 42.5 Å². The molecule has 0 bridgehead atoms. The van der Waals surface area contributed by atoms with Crippen LogP contribution in [-0.2, 0) is 20.6 Å². The Balaban J connectivity index is 1.81. The van der Waals surface area contributed by atoms with E-state index in [1.807, 2.05) is 49.9 Å². The number of hydrogen-bond acceptors (Lipinski definition) is 4. The van der Waals surface area contributed by atoms with Crippen LogP contribution in [0.5, 0.6) is 0 Å². The van der Waals surface area contributed by atoms with Crippen molar-refractivity contribution in [1.82, 2.24) is 5.32 Å². The largest absolute Gasteiger partial charge is 0.354 e. The van der Waals surface area contributed by atoms with Crippen molar-refractivity contribution < 1.29 is 13.2 Å². The molecule has 0 atom stereocenters. The monoisotopic (exact) mass is 420 g/mol. The molecule has 0 aromatic heterocycles. The summed E-state index contributed by atoms with van der Waals surface area (Å²) in [5.41, 5.74) is 3.69. The minimum atomic E-state index is -3.55. The molecule has 0 aliphatic rings. The summed E-state index contributed by atoms with van der Waals surface area (Å²) in [6.07, 6.45) is 1.97. The molecule has 0 fully saturated rings. The summed E-state index contributed by atoms with van der Waals surface area (Å²) < 4.78 is 25.6. The predicted octanol–water partition coefficient (Wildman–Crippen LogP) is 3.51. The number of nitrogens with zero attached hydrogens (tertiary/aromatic N) is 1. The maximum absolute atomic E-state index is 12.3. The van der Waals surface area contributed by atoms with Crippen molar-refractivity contribution >= 4 is 33.4 Å². The zero-order valence-electron chi connectivity index (χ0n) is 16.6. The fourth-order valence-corrected chi connectivity index (χ4v) is 4.57. The fraction of sp³-hybridized carbons (Fsp3) is 0.381. The number of thioether (sulfide) groups is 1. The van der Waals surface area contributed by atoms with Crippen molar-refractivity contribution in [1.29, 1.82) is 0 Å². The molecular weight excluding hydrogens is 392 g/mol. The maximum Gasteiger partial charge on any atom is 0.240 e. The molecule has 0 heterocycles. The summed E-state index contributed by atoms with van der Waals surface area (Å²) in [5.74, 6) is 1.59. The number of benzene rings is 2. The molecule has 0 saturated carbocycles. The molecule has 1 amide bonds. The second-order valence-electron chi connectivity index (χ2n) is 6.73. The zero-order valence-corrected chi connectivity index (χ0v) is 18.3. The zero-order chi connectivity index (χ0) is 20.6. The highest BCUT2D eigenvalue weighted by Crippen LogP contribution is 2.24. The van der Waals surface area contributed by atoms with Gasteiger partial charge in [-0.3, -0.25) is 9.10 Å². The number of anilines is 1. The first-order valence-electron chi connectivity index (χ1n) is 9.21. The van der Waals surface area contributed by atoms with Crippen molar-refractivity contribution in [2.24, 2.45) is 0 Å². The molecule has 28 heavy (non-hydrogen) atoms. The van der Waals surface area contributed by atoms with Gasteiger partial charge in [0.2, 0.25) is 15.9 Å². The second-order valence-corrected chi connectivity index (χ2v) is 9.74. The third-order valence-electron chi connectivity index (χ3n) is 4.43. The maximum atomic E-state index is 12.3. The number of carbonyl (C=O) groups excluding carboxylic acids is 1. The summed E-state index contributed by atoms with van der Waals surface area (Å²) in [6.45, 7) is 4.11. The van der Waals surface area contributed by atoms with Crippen molar-refractivity contribution in [3.8, 4) is 0 Å². The van der Waals surface area contributed by atoms with Gasteiger partial charge in [0, 0.05) is 12.3 Å². The minimum absolute atomic E-state index is 0.208. The summed E-state index contributed by atoms with van der Waals surface area (Å²) in [6, 6.07) is 15.7. The van der Waals surface area contributed by atoms with Crippen LogP contribution in [0.3, 0.4) is 0 Å². The Kier molecular flexibility index (Phi) is 8.38. The van der Waals surface area contributed by atoms with E-state index in [2.05, 4.69) is 17.4 Å². The van der Waals surface area contributed by atoms with Gasteiger partial charge in [-0.2, -0.15) is 11.8 Å². The second kappa shape index (κ2) is 10.5. The van der Waals surface area contributed by atoms with Gasteiger partial charge >= 0.3 is 0 Å². The van der Waals surface area contributed by atoms with Gasteiger partial charge < -0.3 is 5.32 Å². The highest BCUT2D eigenvalue weighted by Gasteiger charge is 2.22. The van der Waals surface area contributed by atoms with Crippen molar-refractivity contribution in [2.45, 2.75) is 26.0 Å². The first kappa shape index (κ1) is 22.3. The van der Waals surface area contributed by atoms with Crippen LogP contribution in [0.25, 0.3) is 0 Å². The van der Waals surface area contributed by atoms with Gasteiger partial charge in [-0.15, -0.1) is 0 Å². The summed E-state index contributed by atoms with van der Waals surface area (Å²) in [5, 5.41) is 2.83. The molecule has 152 valence electrons. The lowest BCUT2D eigenvalue weighted by atomic mass is 10.1. The first-order valence-corrected chi connectivity index (χ1v) is 12.2. The molecule has 2 aromatic carbocycles. The third kappa shape index (κ3) is 6.87. The molecule has 0 aliphatic carbocycles. The van der Waals surface area contributed by atoms with Gasteiger partial charge in [-0.25, -0.2) is 8.42 Å². The van der Waals surface area contributed by atoms with Crippen LogP contribution in [0.2, 0.25) is 0 Å². The van der Waals surface area contributed by atoms with Gasteiger partial charge in [0.15, 0.2) is 0 Å². The van der Waals surface area contributed by atoms with E-state index in [1.54, 1.807) is 12.1 Å². The van der Waals surface area contributed by atoms with E-state index in [0.29, 0.717) is 12.2 Å². The lowest BCUT2D eigenvalue weighted by molar-refractivity contribution is -0.119. The van der Waals surface area contributed by atoms with Crippen LogP contribution in [0.4, 0.5) is 5.69 Å². The molecular formula is C21H28N2O3S2. The first-order chi connectivity index (χ1) is 13.3. The molecule has 0 unspecified atom stereocenters. The van der Waals surface area contributed by atoms with Crippen LogP contribution < -0.4 is 9.62 Å². The minimum Gasteiger partial charge on any atom is -0.354 e. The molecule has 7 heteroatoms.